The van der Waals surface area contributed by atoms with Gasteiger partial charge in [-0.3, -0.25) is 9.59 Å². The molecule has 8 bridgehead atoms. The summed E-state index contributed by atoms with van der Waals surface area (Å²) in [6.07, 6.45) is 19.6. The van der Waals surface area contributed by atoms with Gasteiger partial charge in [0.25, 0.3) is 0 Å². The van der Waals surface area contributed by atoms with Gasteiger partial charge < -0.3 is 18.9 Å². The van der Waals surface area contributed by atoms with Crippen molar-refractivity contribution in [1.29, 1.82) is 0 Å². The van der Waals surface area contributed by atoms with E-state index >= 15 is 0 Å². The largest absolute Gasteiger partial charge is 0.462 e. The van der Waals surface area contributed by atoms with Crippen LogP contribution in [0.2, 0.25) is 0 Å². The van der Waals surface area contributed by atoms with Crippen molar-refractivity contribution in [2.75, 3.05) is 13.2 Å². The van der Waals surface area contributed by atoms with Crippen molar-refractivity contribution >= 4 is 11.9 Å². The summed E-state index contributed by atoms with van der Waals surface area (Å²) in [4.78, 5) is 27.4. The van der Waals surface area contributed by atoms with Crippen LogP contribution in [0.25, 0.3) is 0 Å². The van der Waals surface area contributed by atoms with Crippen LogP contribution in [-0.2, 0) is 28.5 Å². The van der Waals surface area contributed by atoms with E-state index in [0.29, 0.717) is 35.0 Å². The second-order valence-electron chi connectivity index (χ2n) is 17.5. The molecule has 1 saturated heterocycles. The first-order chi connectivity index (χ1) is 20.6. The van der Waals surface area contributed by atoms with Gasteiger partial charge in [-0.25, -0.2) is 0 Å². The topological polar surface area (TPSA) is 71.1 Å². The monoisotopic (exact) mass is 594 g/mol. The second-order valence-corrected chi connectivity index (χ2v) is 17.5. The fourth-order valence-electron chi connectivity index (χ4n) is 12.5. The highest BCUT2D eigenvalue weighted by Gasteiger charge is 2.62. The van der Waals surface area contributed by atoms with Gasteiger partial charge in [-0.1, -0.05) is 31.9 Å². The average molecular weight is 595 g/mol. The smallest absolute Gasteiger partial charge is 0.315 e. The minimum atomic E-state index is -0.692. The Morgan fingerprint density at radius 2 is 1.47 bits per heavy atom. The zero-order chi connectivity index (χ0) is 29.6. The molecule has 7 saturated carbocycles. The molecule has 8 fully saturated rings. The molecule has 9 aliphatic rings. The van der Waals surface area contributed by atoms with Gasteiger partial charge in [0, 0.05) is 11.8 Å². The Morgan fingerprint density at radius 1 is 0.814 bits per heavy atom. The van der Waals surface area contributed by atoms with Crippen LogP contribution in [0.15, 0.2) is 11.6 Å². The van der Waals surface area contributed by atoms with E-state index in [1.807, 2.05) is 0 Å². The average Bonchev–Trinajstić information content (AvgIpc) is 3.32. The summed E-state index contributed by atoms with van der Waals surface area (Å²) in [5.74, 6) is 2.37. The molecule has 6 heteroatoms. The van der Waals surface area contributed by atoms with Crippen molar-refractivity contribution in [3.8, 4) is 0 Å². The fourth-order valence-corrected chi connectivity index (χ4v) is 12.5. The first-order valence-corrected chi connectivity index (χ1v) is 18.0. The molecule has 0 amide bonds. The van der Waals surface area contributed by atoms with Gasteiger partial charge >= 0.3 is 11.9 Å². The lowest BCUT2D eigenvalue weighted by molar-refractivity contribution is -0.281. The molecule has 8 atom stereocenters. The molecule has 6 nitrogen and oxygen atoms in total. The van der Waals surface area contributed by atoms with Gasteiger partial charge in [-0.2, -0.15) is 0 Å². The molecule has 0 aromatic rings. The van der Waals surface area contributed by atoms with Crippen molar-refractivity contribution in [2.45, 2.75) is 141 Å². The number of hydrogen-bond acceptors (Lipinski definition) is 6. The zero-order valence-electron chi connectivity index (χ0n) is 26.9. The van der Waals surface area contributed by atoms with Crippen molar-refractivity contribution in [3.05, 3.63) is 11.6 Å². The number of ether oxygens (including phenoxy) is 4. The van der Waals surface area contributed by atoms with Crippen LogP contribution in [-0.4, -0.2) is 43.1 Å². The van der Waals surface area contributed by atoms with E-state index in [9.17, 15) is 9.59 Å². The van der Waals surface area contributed by atoms with E-state index in [0.717, 1.165) is 57.8 Å². The molecule has 0 N–H and O–H groups in total. The highest BCUT2D eigenvalue weighted by atomic mass is 16.8. The molecular formula is C37H54O6. The van der Waals surface area contributed by atoms with Crippen molar-refractivity contribution < 1.29 is 28.5 Å². The van der Waals surface area contributed by atoms with E-state index in [1.165, 1.54) is 50.5 Å². The molecule has 0 aromatic heterocycles. The summed E-state index contributed by atoms with van der Waals surface area (Å²) < 4.78 is 26.3. The summed E-state index contributed by atoms with van der Waals surface area (Å²) in [6.45, 7) is 7.09. The molecule has 1 aliphatic heterocycles. The molecule has 8 unspecified atom stereocenters. The number of hydrogen-bond donors (Lipinski definition) is 0. The van der Waals surface area contributed by atoms with Crippen LogP contribution in [0, 0.1) is 51.8 Å². The highest BCUT2D eigenvalue weighted by molar-refractivity contribution is 5.79. The highest BCUT2D eigenvalue weighted by Crippen LogP contribution is 2.61. The maximum Gasteiger partial charge on any atom is 0.315 e. The second kappa shape index (κ2) is 10.3. The number of allylic oxidation sites excluding steroid dienone is 1. The van der Waals surface area contributed by atoms with Crippen LogP contribution < -0.4 is 0 Å². The molecule has 8 aliphatic carbocycles. The Morgan fingerprint density at radius 3 is 2.12 bits per heavy atom. The number of carbonyl (C=O) groups is 2. The van der Waals surface area contributed by atoms with Crippen LogP contribution in [0.5, 0.6) is 0 Å². The quantitative estimate of drug-likeness (QED) is 0.234. The number of rotatable bonds is 6. The molecule has 0 radical (unpaired) electrons. The van der Waals surface area contributed by atoms with Gasteiger partial charge in [0.1, 0.15) is 25.4 Å². The van der Waals surface area contributed by atoms with Gasteiger partial charge in [0.05, 0.1) is 10.8 Å². The van der Waals surface area contributed by atoms with E-state index in [2.05, 4.69) is 26.8 Å². The maximum atomic E-state index is 13.8. The Labute approximate surface area is 258 Å². The summed E-state index contributed by atoms with van der Waals surface area (Å²) in [6, 6.07) is 0. The standard InChI is InChI=1S/C37H54O6/c1-23-14-34(2)9-5-8-29(20-34)37(23)42-30(21-40-32(38)35(3)15-24-6-4-7-25(10-24)16-35)31(43-37)22-41-33(39)36-17-26-11-27(18-36)13-28(12-26)19-36/h15,23,25-31H,4-14,16-22H2,1-3H3. The Kier molecular flexibility index (Phi) is 6.96. The molecular weight excluding hydrogens is 540 g/mol. The molecule has 1 spiro atoms. The SMILES string of the molecule is CC1CC2(C)CCCC(C2)C12OC(COC(=O)C1(C)C=C3CCCC(C3)C1)C(COC(=O)C13CC4CC(CC(C4)C1)C3)O2. The summed E-state index contributed by atoms with van der Waals surface area (Å²) >= 11 is 0. The summed E-state index contributed by atoms with van der Waals surface area (Å²) in [7, 11) is 0. The van der Waals surface area contributed by atoms with Gasteiger partial charge in [-0.05, 0) is 132 Å². The molecule has 0 aromatic carbocycles. The van der Waals surface area contributed by atoms with E-state index in [4.69, 9.17) is 18.9 Å². The minimum Gasteiger partial charge on any atom is -0.462 e. The van der Waals surface area contributed by atoms with Crippen LogP contribution >= 0.6 is 0 Å². The lowest BCUT2D eigenvalue weighted by Gasteiger charge is -2.55. The normalized spacial score (nSPS) is 51.3. The van der Waals surface area contributed by atoms with Gasteiger partial charge in [0.15, 0.2) is 5.79 Å². The van der Waals surface area contributed by atoms with E-state index in [1.54, 1.807) is 0 Å². The predicted octanol–water partition coefficient (Wildman–Crippen LogP) is 7.53. The Bertz CT molecular complexity index is 1140. The van der Waals surface area contributed by atoms with E-state index < -0.39 is 23.4 Å². The maximum absolute atomic E-state index is 13.8. The van der Waals surface area contributed by atoms with Gasteiger partial charge in [-0.15, -0.1) is 0 Å². The van der Waals surface area contributed by atoms with Gasteiger partial charge in [0.2, 0.25) is 0 Å². The number of fused-ring (bicyclic) bond motifs is 5. The van der Waals surface area contributed by atoms with Crippen molar-refractivity contribution in [1.82, 2.24) is 0 Å². The summed E-state index contributed by atoms with van der Waals surface area (Å²) in [5.41, 5.74) is 0.900. The molecule has 43 heavy (non-hydrogen) atoms. The van der Waals surface area contributed by atoms with Crippen molar-refractivity contribution in [3.63, 3.8) is 0 Å². The van der Waals surface area contributed by atoms with Crippen LogP contribution in [0.4, 0.5) is 0 Å². The molecule has 238 valence electrons. The number of esters is 2. The molecule has 1 heterocycles. The van der Waals surface area contributed by atoms with Crippen LogP contribution in [0.3, 0.4) is 0 Å². The minimum absolute atomic E-state index is 0.0123. The first-order valence-electron chi connectivity index (χ1n) is 18.0. The van der Waals surface area contributed by atoms with Crippen molar-refractivity contribution in [2.24, 2.45) is 51.8 Å². The molecule has 9 rings (SSSR count). The Balaban J connectivity index is 0.992. The zero-order valence-corrected chi connectivity index (χ0v) is 26.9. The third kappa shape index (κ3) is 4.95. The van der Waals surface area contributed by atoms with Crippen LogP contribution in [0.1, 0.15) is 124 Å². The fraction of sp³-hybridized carbons (Fsp3) is 0.892. The number of carbonyl (C=O) groups excluding carboxylic acids is 2. The lowest BCUT2D eigenvalue weighted by Crippen LogP contribution is -2.55. The summed E-state index contributed by atoms with van der Waals surface area (Å²) in [5, 5.41) is 0. The third-order valence-electron chi connectivity index (χ3n) is 13.8. The third-order valence-corrected chi connectivity index (χ3v) is 13.8. The Hall–Kier alpha value is -1.40. The lowest BCUT2D eigenvalue weighted by atomic mass is 9.49. The predicted molar refractivity (Wildman–Crippen MR) is 162 cm³/mol. The van der Waals surface area contributed by atoms with E-state index in [-0.39, 0.29) is 36.5 Å². The first kappa shape index (κ1) is 29.0.